The average molecular weight is 384 g/mol. The Bertz CT molecular complexity index is 725. The van der Waals surface area contributed by atoms with Gasteiger partial charge >= 0.3 is 5.97 Å². The van der Waals surface area contributed by atoms with Crippen molar-refractivity contribution in [2.75, 3.05) is 24.7 Å². The zero-order valence-electron chi connectivity index (χ0n) is 16.4. The fourth-order valence-corrected chi connectivity index (χ4v) is 4.57. The van der Waals surface area contributed by atoms with E-state index in [1.165, 1.54) is 24.2 Å². The Balaban J connectivity index is 1.53. The molecule has 1 aromatic carbocycles. The van der Waals surface area contributed by atoms with Gasteiger partial charge in [0.2, 0.25) is 0 Å². The molecule has 0 saturated heterocycles. The normalized spacial score (nSPS) is 22.5. The van der Waals surface area contributed by atoms with Crippen molar-refractivity contribution < 1.29 is 19.1 Å². The van der Waals surface area contributed by atoms with Crippen LogP contribution in [0.2, 0.25) is 0 Å². The second-order valence-electron chi connectivity index (χ2n) is 7.68. The van der Waals surface area contributed by atoms with Crippen molar-refractivity contribution in [2.45, 2.75) is 45.4 Å². The first kappa shape index (κ1) is 20.2. The van der Waals surface area contributed by atoms with Gasteiger partial charge in [-0.15, -0.1) is 0 Å². The first-order chi connectivity index (χ1) is 13.6. The molecule has 0 heterocycles. The van der Waals surface area contributed by atoms with Crippen LogP contribution in [0.1, 0.15) is 45.4 Å². The summed E-state index contributed by atoms with van der Waals surface area (Å²) in [6.45, 7) is 2.43. The SMILES string of the molecule is CCOc1ccc(N(CCC#N)C(=O)COC(=O)CC2CC3CCC2C3)cc1. The van der Waals surface area contributed by atoms with E-state index in [1.807, 2.05) is 6.92 Å². The van der Waals surface area contributed by atoms with E-state index < -0.39 is 0 Å². The van der Waals surface area contributed by atoms with Gasteiger partial charge in [-0.25, -0.2) is 0 Å². The highest BCUT2D eigenvalue weighted by atomic mass is 16.5. The smallest absolute Gasteiger partial charge is 0.306 e. The molecule has 2 aliphatic rings. The van der Waals surface area contributed by atoms with E-state index in [2.05, 4.69) is 6.07 Å². The van der Waals surface area contributed by atoms with Crippen molar-refractivity contribution in [3.8, 4) is 11.8 Å². The molecule has 6 heteroatoms. The first-order valence-electron chi connectivity index (χ1n) is 10.2. The number of esters is 1. The molecular formula is C22H28N2O4. The molecule has 2 aliphatic carbocycles. The van der Waals surface area contributed by atoms with Crippen molar-refractivity contribution in [1.29, 1.82) is 5.26 Å². The van der Waals surface area contributed by atoms with Crippen LogP contribution in [-0.4, -0.2) is 31.6 Å². The lowest BCUT2D eigenvalue weighted by atomic mass is 9.86. The van der Waals surface area contributed by atoms with Gasteiger partial charge in [0.1, 0.15) is 5.75 Å². The van der Waals surface area contributed by atoms with Crippen molar-refractivity contribution >= 4 is 17.6 Å². The number of hydrogen-bond donors (Lipinski definition) is 0. The Hall–Kier alpha value is -2.55. The number of anilines is 1. The fraction of sp³-hybridized carbons (Fsp3) is 0.591. The molecule has 28 heavy (non-hydrogen) atoms. The molecule has 2 bridgehead atoms. The van der Waals surface area contributed by atoms with Gasteiger partial charge in [-0.05, 0) is 68.2 Å². The van der Waals surface area contributed by atoms with Crippen LogP contribution in [0.4, 0.5) is 5.69 Å². The number of nitrogens with zero attached hydrogens (tertiary/aromatic N) is 2. The van der Waals surface area contributed by atoms with Gasteiger partial charge < -0.3 is 14.4 Å². The predicted molar refractivity (Wildman–Crippen MR) is 105 cm³/mol. The van der Waals surface area contributed by atoms with Crippen molar-refractivity contribution in [3.63, 3.8) is 0 Å². The largest absolute Gasteiger partial charge is 0.494 e. The molecule has 3 atom stereocenters. The summed E-state index contributed by atoms with van der Waals surface area (Å²) >= 11 is 0. The maximum atomic E-state index is 12.6. The van der Waals surface area contributed by atoms with Crippen molar-refractivity contribution in [3.05, 3.63) is 24.3 Å². The molecule has 1 aromatic rings. The van der Waals surface area contributed by atoms with Crippen LogP contribution in [-0.2, 0) is 14.3 Å². The minimum atomic E-state index is -0.319. The topological polar surface area (TPSA) is 79.6 Å². The zero-order chi connectivity index (χ0) is 19.9. The number of hydrogen-bond acceptors (Lipinski definition) is 5. The third-order valence-corrected chi connectivity index (χ3v) is 5.88. The summed E-state index contributed by atoms with van der Waals surface area (Å²) in [4.78, 5) is 26.3. The van der Waals surface area contributed by atoms with Gasteiger partial charge in [-0.2, -0.15) is 5.26 Å². The van der Waals surface area contributed by atoms with Gasteiger partial charge in [0, 0.05) is 18.7 Å². The van der Waals surface area contributed by atoms with Crippen molar-refractivity contribution in [2.24, 2.45) is 17.8 Å². The lowest BCUT2D eigenvalue weighted by molar-refractivity contribution is -0.149. The number of benzene rings is 1. The van der Waals surface area contributed by atoms with E-state index in [4.69, 9.17) is 14.7 Å². The molecule has 0 aliphatic heterocycles. The summed E-state index contributed by atoms with van der Waals surface area (Å²) in [5, 5.41) is 8.89. The predicted octanol–water partition coefficient (Wildman–Crippen LogP) is 3.70. The molecule has 2 fully saturated rings. The number of carbonyl (C=O) groups excluding carboxylic acids is 2. The van der Waals surface area contributed by atoms with Crippen LogP contribution in [0.15, 0.2) is 24.3 Å². The maximum absolute atomic E-state index is 12.6. The van der Waals surface area contributed by atoms with E-state index in [0.717, 1.165) is 18.1 Å². The molecule has 0 aromatic heterocycles. The zero-order valence-corrected chi connectivity index (χ0v) is 16.4. The number of carbonyl (C=O) groups is 2. The molecule has 0 N–H and O–H groups in total. The lowest BCUT2D eigenvalue weighted by Gasteiger charge is -2.23. The summed E-state index contributed by atoms with van der Waals surface area (Å²) in [5.41, 5.74) is 0.660. The van der Waals surface area contributed by atoms with Gasteiger partial charge in [-0.3, -0.25) is 9.59 Å². The van der Waals surface area contributed by atoms with Crippen LogP contribution in [0.5, 0.6) is 5.75 Å². The Morgan fingerprint density at radius 1 is 1.21 bits per heavy atom. The maximum Gasteiger partial charge on any atom is 0.306 e. The summed E-state index contributed by atoms with van der Waals surface area (Å²) in [6.07, 6.45) is 5.50. The third kappa shape index (κ3) is 5.03. The van der Waals surface area contributed by atoms with E-state index in [0.29, 0.717) is 30.6 Å². The average Bonchev–Trinajstić information content (AvgIpc) is 3.31. The second-order valence-corrected chi connectivity index (χ2v) is 7.68. The quantitative estimate of drug-likeness (QED) is 0.607. The number of ether oxygens (including phenoxy) is 2. The van der Waals surface area contributed by atoms with Gasteiger partial charge in [0.25, 0.3) is 5.91 Å². The van der Waals surface area contributed by atoms with E-state index in [1.54, 1.807) is 24.3 Å². The highest BCUT2D eigenvalue weighted by Crippen LogP contribution is 2.49. The van der Waals surface area contributed by atoms with E-state index in [9.17, 15) is 9.59 Å². The summed E-state index contributed by atoms with van der Waals surface area (Å²) in [5.74, 6) is 1.96. The number of fused-ring (bicyclic) bond motifs is 2. The molecule has 3 rings (SSSR count). The van der Waals surface area contributed by atoms with E-state index in [-0.39, 0.29) is 31.4 Å². The molecule has 6 nitrogen and oxygen atoms in total. The van der Waals surface area contributed by atoms with E-state index >= 15 is 0 Å². The Kier molecular flexibility index (Phi) is 6.91. The van der Waals surface area contributed by atoms with Gasteiger partial charge in [0.15, 0.2) is 6.61 Å². The van der Waals surface area contributed by atoms with Gasteiger partial charge in [-0.1, -0.05) is 6.42 Å². The second kappa shape index (κ2) is 9.59. The van der Waals surface area contributed by atoms with Crippen LogP contribution in [0, 0.1) is 29.1 Å². The number of rotatable bonds is 9. The molecule has 0 spiro atoms. The highest BCUT2D eigenvalue weighted by molar-refractivity contribution is 5.95. The lowest BCUT2D eigenvalue weighted by Crippen LogP contribution is -2.35. The Morgan fingerprint density at radius 2 is 2.00 bits per heavy atom. The Labute approximate surface area is 166 Å². The van der Waals surface area contributed by atoms with Crippen LogP contribution in [0.3, 0.4) is 0 Å². The van der Waals surface area contributed by atoms with Gasteiger partial charge in [0.05, 0.1) is 19.1 Å². The number of nitriles is 1. The standard InChI is InChI=1S/C22H28N2O4/c1-2-27-20-8-6-19(7-9-20)24(11-3-10-23)21(25)15-28-22(26)14-18-13-16-4-5-17(18)12-16/h6-9,16-18H,2-5,11-15H2,1H3. The first-order valence-corrected chi connectivity index (χ1v) is 10.2. The molecule has 2 saturated carbocycles. The minimum Gasteiger partial charge on any atom is -0.494 e. The molecular weight excluding hydrogens is 356 g/mol. The monoisotopic (exact) mass is 384 g/mol. The summed E-state index contributed by atoms with van der Waals surface area (Å²) < 4.78 is 10.7. The highest BCUT2D eigenvalue weighted by Gasteiger charge is 2.40. The molecule has 0 radical (unpaired) electrons. The Morgan fingerprint density at radius 3 is 2.61 bits per heavy atom. The van der Waals surface area contributed by atoms with Crippen LogP contribution >= 0.6 is 0 Å². The minimum absolute atomic E-state index is 0.206. The van der Waals surface area contributed by atoms with Crippen molar-refractivity contribution in [1.82, 2.24) is 0 Å². The third-order valence-electron chi connectivity index (χ3n) is 5.88. The summed E-state index contributed by atoms with van der Waals surface area (Å²) in [7, 11) is 0. The molecule has 150 valence electrons. The summed E-state index contributed by atoms with van der Waals surface area (Å²) in [6, 6.07) is 9.18. The fourth-order valence-electron chi connectivity index (χ4n) is 4.57. The van der Waals surface area contributed by atoms with Crippen LogP contribution in [0.25, 0.3) is 0 Å². The van der Waals surface area contributed by atoms with Crippen LogP contribution < -0.4 is 9.64 Å². The number of amides is 1. The molecule has 3 unspecified atom stereocenters. The molecule has 1 amide bonds.